The summed E-state index contributed by atoms with van der Waals surface area (Å²) < 4.78 is 82.4. The maximum atomic E-state index is 14.2. The summed E-state index contributed by atoms with van der Waals surface area (Å²) in [7, 11) is -2.55. The van der Waals surface area contributed by atoms with Gasteiger partial charge < -0.3 is 14.4 Å². The molecule has 0 unspecified atom stereocenters. The number of methoxy groups -OCH3 is 1. The Hall–Kier alpha value is -4.88. The van der Waals surface area contributed by atoms with Gasteiger partial charge in [-0.15, -0.1) is 11.3 Å². The summed E-state index contributed by atoms with van der Waals surface area (Å²) in [5.74, 6) is 0.645. The number of carbonyl (C=O) groups is 1. The Kier molecular flexibility index (Phi) is 9.88. The van der Waals surface area contributed by atoms with Crippen LogP contribution in [0.4, 0.5) is 23.1 Å². The first-order valence-corrected chi connectivity index (χ1v) is 18.4. The van der Waals surface area contributed by atoms with Gasteiger partial charge in [0.1, 0.15) is 11.4 Å². The highest BCUT2D eigenvalue weighted by Crippen LogP contribution is 2.41. The first-order valence-electron chi connectivity index (χ1n) is 16.1. The molecule has 0 bridgehead atoms. The van der Waals surface area contributed by atoms with E-state index in [0.717, 1.165) is 17.7 Å². The van der Waals surface area contributed by atoms with Crippen molar-refractivity contribution in [2.24, 2.45) is 0 Å². The Morgan fingerprint density at radius 2 is 1.73 bits per heavy atom. The molecule has 0 spiro atoms. The van der Waals surface area contributed by atoms with Crippen LogP contribution in [0.25, 0.3) is 27.5 Å². The number of halogens is 3. The molecule has 2 heterocycles. The summed E-state index contributed by atoms with van der Waals surface area (Å²) in [6.07, 6.45) is -1.43. The van der Waals surface area contributed by atoms with Gasteiger partial charge in [-0.05, 0) is 102 Å². The summed E-state index contributed by atoms with van der Waals surface area (Å²) in [6, 6.07) is 20.9. The third-order valence-corrected chi connectivity index (χ3v) is 11.0. The maximum Gasteiger partial charge on any atom is 0.416 e. The van der Waals surface area contributed by atoms with E-state index in [-0.39, 0.29) is 24.5 Å². The zero-order valence-electron chi connectivity index (χ0n) is 28.4. The van der Waals surface area contributed by atoms with E-state index < -0.39 is 33.5 Å². The molecule has 0 fully saturated rings. The number of fused-ring (bicyclic) bond motifs is 1. The van der Waals surface area contributed by atoms with E-state index >= 15 is 0 Å². The average molecular weight is 736 g/mol. The van der Waals surface area contributed by atoms with Gasteiger partial charge in [0.2, 0.25) is 0 Å². The summed E-state index contributed by atoms with van der Waals surface area (Å²) in [5, 5.41) is 3.27. The standard InChI is InChI=1S/C38H36F3N3O5S2/c1-37(2,3)49-36(45)43-19-16-26(17-20-43)34-23-28(38(39,40)41)10-14-33(34)32-7-5-6-27-22-30(13-15-31(27)32)51(46,47)44(35-42-18-21-50-35)24-25-8-11-29(48-4)12-9-25/h5-16,18,21-23H,17,19-20,24H2,1-4H3. The zero-order valence-corrected chi connectivity index (χ0v) is 30.0. The number of hydrogen-bond acceptors (Lipinski definition) is 7. The minimum absolute atomic E-state index is 0.0350. The van der Waals surface area contributed by atoms with E-state index in [9.17, 15) is 26.4 Å². The van der Waals surface area contributed by atoms with E-state index in [1.165, 1.54) is 32.7 Å². The SMILES string of the molecule is COc1ccc(CN(c2nccs2)S(=O)(=O)c2ccc3c(-c4ccc(C(F)(F)F)cc4C4=CCN(C(=O)OC(C)(C)C)CC4)cccc3c2)cc1. The average Bonchev–Trinajstić information content (AvgIpc) is 3.64. The highest BCUT2D eigenvalue weighted by Gasteiger charge is 2.33. The molecule has 0 saturated carbocycles. The van der Waals surface area contributed by atoms with E-state index in [2.05, 4.69) is 4.98 Å². The molecule has 0 saturated heterocycles. The second kappa shape index (κ2) is 14.0. The lowest BCUT2D eigenvalue weighted by Gasteiger charge is -2.30. The number of alkyl halides is 3. The Bertz CT molecular complexity index is 2200. The van der Waals surface area contributed by atoms with E-state index in [4.69, 9.17) is 9.47 Å². The normalized spacial score (nSPS) is 13.9. The van der Waals surface area contributed by atoms with Crippen molar-refractivity contribution in [2.75, 3.05) is 24.5 Å². The minimum atomic E-state index is -4.57. The van der Waals surface area contributed by atoms with Crippen LogP contribution < -0.4 is 9.04 Å². The fraction of sp³-hybridized carbons (Fsp3) is 0.263. The Morgan fingerprint density at radius 3 is 2.35 bits per heavy atom. The molecule has 51 heavy (non-hydrogen) atoms. The lowest BCUT2D eigenvalue weighted by molar-refractivity contribution is -0.137. The van der Waals surface area contributed by atoms with Gasteiger partial charge in [-0.25, -0.2) is 22.5 Å². The highest BCUT2D eigenvalue weighted by molar-refractivity contribution is 7.93. The van der Waals surface area contributed by atoms with Crippen molar-refractivity contribution < 1.29 is 35.9 Å². The first kappa shape index (κ1) is 35.9. The van der Waals surface area contributed by atoms with Crippen LogP contribution in [0.3, 0.4) is 0 Å². The molecular formula is C38H36F3N3O5S2. The van der Waals surface area contributed by atoms with Crippen molar-refractivity contribution in [1.29, 1.82) is 0 Å². The lowest BCUT2D eigenvalue weighted by Crippen LogP contribution is -2.39. The minimum Gasteiger partial charge on any atom is -0.497 e. The van der Waals surface area contributed by atoms with Gasteiger partial charge in [0.05, 0.1) is 24.1 Å². The fourth-order valence-electron chi connectivity index (χ4n) is 5.90. The first-order chi connectivity index (χ1) is 24.1. The van der Waals surface area contributed by atoms with Crippen LogP contribution in [0, 0.1) is 0 Å². The number of amides is 1. The number of rotatable bonds is 8. The quantitative estimate of drug-likeness (QED) is 0.158. The summed E-state index contributed by atoms with van der Waals surface area (Å²) in [4.78, 5) is 18.5. The number of anilines is 1. The van der Waals surface area contributed by atoms with E-state index in [1.807, 2.05) is 6.07 Å². The van der Waals surface area contributed by atoms with Crippen molar-refractivity contribution in [1.82, 2.24) is 9.88 Å². The van der Waals surface area contributed by atoms with Crippen LogP contribution in [-0.4, -0.2) is 50.2 Å². The van der Waals surface area contributed by atoms with Gasteiger partial charge in [-0.2, -0.15) is 13.2 Å². The second-order valence-corrected chi connectivity index (χ2v) is 15.8. The van der Waals surface area contributed by atoms with Crippen LogP contribution >= 0.6 is 11.3 Å². The number of nitrogens with zero attached hydrogens (tertiary/aromatic N) is 3. The molecule has 1 aliphatic heterocycles. The number of aromatic nitrogens is 1. The fourth-order valence-corrected chi connectivity index (χ4v) is 8.22. The third kappa shape index (κ3) is 7.89. The molecule has 13 heteroatoms. The van der Waals surface area contributed by atoms with Crippen molar-refractivity contribution in [2.45, 2.75) is 50.4 Å². The van der Waals surface area contributed by atoms with Crippen molar-refractivity contribution >= 4 is 48.9 Å². The van der Waals surface area contributed by atoms with Gasteiger partial charge in [-0.3, -0.25) is 0 Å². The summed E-state index contributed by atoms with van der Waals surface area (Å²) >= 11 is 1.20. The Morgan fingerprint density at radius 1 is 0.961 bits per heavy atom. The molecule has 1 aromatic heterocycles. The molecule has 266 valence electrons. The highest BCUT2D eigenvalue weighted by atomic mass is 32.2. The van der Waals surface area contributed by atoms with Gasteiger partial charge in [0, 0.05) is 24.7 Å². The number of carbonyl (C=O) groups excluding carboxylic acids is 1. The molecule has 0 aliphatic carbocycles. The molecular weight excluding hydrogens is 700 g/mol. The molecule has 1 aliphatic rings. The Balaban J connectivity index is 1.38. The van der Waals surface area contributed by atoms with Crippen molar-refractivity contribution in [3.63, 3.8) is 0 Å². The monoisotopic (exact) mass is 735 g/mol. The molecule has 1 amide bonds. The summed E-state index contributed by atoms with van der Waals surface area (Å²) in [5.41, 5.74) is 1.54. The number of benzene rings is 4. The number of ether oxygens (including phenoxy) is 2. The van der Waals surface area contributed by atoms with Gasteiger partial charge in [-0.1, -0.05) is 48.5 Å². The Labute approximate surface area is 298 Å². The predicted molar refractivity (Wildman–Crippen MR) is 193 cm³/mol. The second-order valence-electron chi connectivity index (χ2n) is 13.0. The molecule has 0 N–H and O–H groups in total. The zero-order chi connectivity index (χ0) is 36.6. The number of thiazole rings is 1. The lowest BCUT2D eigenvalue weighted by atomic mass is 9.88. The molecule has 4 aromatic carbocycles. The van der Waals surface area contributed by atoms with Crippen LogP contribution in [0.15, 0.2) is 101 Å². The van der Waals surface area contributed by atoms with Crippen LogP contribution in [0.1, 0.15) is 43.9 Å². The largest absolute Gasteiger partial charge is 0.497 e. The van der Waals surface area contributed by atoms with Crippen molar-refractivity contribution in [3.8, 4) is 16.9 Å². The van der Waals surface area contributed by atoms with E-state index in [0.29, 0.717) is 50.3 Å². The van der Waals surface area contributed by atoms with Gasteiger partial charge in [0.15, 0.2) is 5.13 Å². The van der Waals surface area contributed by atoms with Gasteiger partial charge >= 0.3 is 12.3 Å². The molecule has 5 aromatic rings. The maximum absolute atomic E-state index is 14.2. The number of sulfonamides is 1. The molecule has 0 atom stereocenters. The van der Waals surface area contributed by atoms with Crippen LogP contribution in [0.5, 0.6) is 5.75 Å². The smallest absolute Gasteiger partial charge is 0.416 e. The van der Waals surface area contributed by atoms with Gasteiger partial charge in [0.25, 0.3) is 10.0 Å². The topological polar surface area (TPSA) is 89.0 Å². The van der Waals surface area contributed by atoms with Crippen molar-refractivity contribution in [3.05, 3.63) is 113 Å². The van der Waals surface area contributed by atoms with Crippen LogP contribution in [-0.2, 0) is 27.5 Å². The van der Waals surface area contributed by atoms with E-state index in [1.54, 1.807) is 94.1 Å². The predicted octanol–water partition coefficient (Wildman–Crippen LogP) is 9.41. The third-order valence-electron chi connectivity index (χ3n) is 8.40. The number of hydrogen-bond donors (Lipinski definition) is 0. The van der Waals surface area contributed by atoms with Crippen LogP contribution in [0.2, 0.25) is 0 Å². The molecule has 8 nitrogen and oxygen atoms in total. The molecule has 0 radical (unpaired) electrons. The molecule has 6 rings (SSSR count). The summed E-state index contributed by atoms with van der Waals surface area (Å²) in [6.45, 7) is 5.81.